The van der Waals surface area contributed by atoms with Crippen LogP contribution in [0.5, 0.6) is 34.5 Å². The fourth-order valence-electron chi connectivity index (χ4n) is 5.01. The first-order chi connectivity index (χ1) is 18.1. The Morgan fingerprint density at radius 1 is 0.895 bits per heavy atom. The van der Waals surface area contributed by atoms with Crippen molar-refractivity contribution >= 4 is 5.97 Å². The van der Waals surface area contributed by atoms with Crippen LogP contribution in [0.1, 0.15) is 41.4 Å². The van der Waals surface area contributed by atoms with Crippen molar-refractivity contribution in [1.82, 2.24) is 0 Å². The van der Waals surface area contributed by atoms with Crippen molar-refractivity contribution in [2.24, 2.45) is 5.92 Å². The maximum Gasteiger partial charge on any atom is 0.338 e. The molecular weight excluding hydrogens is 492 g/mol. The number of fused-ring (bicyclic) bond motifs is 3. The number of esters is 1. The number of phenolic OH excluding ortho intramolecular Hbond substituents is 2. The highest BCUT2D eigenvalue weighted by molar-refractivity contribution is 5.91. The van der Waals surface area contributed by atoms with Crippen LogP contribution < -0.4 is 18.9 Å². The number of aromatic hydroxyl groups is 2. The lowest BCUT2D eigenvalue weighted by atomic mass is 9.73. The molecule has 38 heavy (non-hydrogen) atoms. The topological polar surface area (TPSA) is 124 Å². The molecule has 0 unspecified atom stereocenters. The first kappa shape index (κ1) is 26.9. The molecule has 3 atom stereocenters. The summed E-state index contributed by atoms with van der Waals surface area (Å²) in [5.41, 5.74) is 0.122. The highest BCUT2D eigenvalue weighted by Gasteiger charge is 2.46. The Hall–Kier alpha value is -4.11. The predicted molar refractivity (Wildman–Crippen MR) is 140 cm³/mol. The van der Waals surface area contributed by atoms with Crippen molar-refractivity contribution in [2.75, 3.05) is 28.4 Å². The smallest absolute Gasteiger partial charge is 0.338 e. The average Bonchev–Trinajstić information content (AvgIpc) is 2.90. The van der Waals surface area contributed by atoms with Gasteiger partial charge in [0.05, 0.1) is 34.0 Å². The number of benzene rings is 3. The van der Waals surface area contributed by atoms with Crippen molar-refractivity contribution in [1.29, 1.82) is 0 Å². The third-order valence-electron chi connectivity index (χ3n) is 7.20. The molecule has 1 aliphatic rings. The summed E-state index contributed by atoms with van der Waals surface area (Å²) in [6.07, 6.45) is -1.01. The van der Waals surface area contributed by atoms with E-state index >= 15 is 0 Å². The molecular formula is C29H32O9. The van der Waals surface area contributed by atoms with Gasteiger partial charge in [0.15, 0.2) is 29.1 Å². The highest BCUT2D eigenvalue weighted by atomic mass is 16.6. The van der Waals surface area contributed by atoms with Crippen LogP contribution in [-0.2, 0) is 11.2 Å². The van der Waals surface area contributed by atoms with Gasteiger partial charge in [-0.25, -0.2) is 4.79 Å². The lowest BCUT2D eigenvalue weighted by Crippen LogP contribution is -2.43. The number of hydrogen-bond donors (Lipinski definition) is 3. The second-order valence-corrected chi connectivity index (χ2v) is 9.40. The number of ether oxygens (including phenoxy) is 5. The summed E-state index contributed by atoms with van der Waals surface area (Å²) in [4.78, 5) is 13.3. The number of phenols is 2. The van der Waals surface area contributed by atoms with Gasteiger partial charge in [0.1, 0.15) is 5.60 Å². The summed E-state index contributed by atoms with van der Waals surface area (Å²) < 4.78 is 28.3. The van der Waals surface area contributed by atoms with Crippen LogP contribution in [0.3, 0.4) is 0 Å². The first-order valence-corrected chi connectivity index (χ1v) is 12.0. The second kappa shape index (κ2) is 10.3. The minimum Gasteiger partial charge on any atom is -0.504 e. The summed E-state index contributed by atoms with van der Waals surface area (Å²) in [6.45, 7) is 3.39. The van der Waals surface area contributed by atoms with Gasteiger partial charge < -0.3 is 39.0 Å². The van der Waals surface area contributed by atoms with Crippen LogP contribution >= 0.6 is 0 Å². The van der Waals surface area contributed by atoms with E-state index in [1.807, 2.05) is 0 Å². The standard InChI is InChI=1S/C29H32O9/c1-15-12-17-13-19(30)24(35-4)23(31)21(17)22-18(14-20(34-3)25(36-5)26(22)37-6)27(29(15,2)33)38-28(32)16-10-8-7-9-11-16/h7-11,13-15,27,30-31,33H,12H2,1-6H3/t15-,27-,29+/m0/s1. The molecule has 202 valence electrons. The largest absolute Gasteiger partial charge is 0.504 e. The van der Waals surface area contributed by atoms with E-state index in [9.17, 15) is 20.1 Å². The van der Waals surface area contributed by atoms with Crippen LogP contribution in [0.15, 0.2) is 42.5 Å². The third kappa shape index (κ3) is 4.32. The Labute approximate surface area is 221 Å². The molecule has 3 aromatic carbocycles. The van der Waals surface area contributed by atoms with Gasteiger partial charge in [-0.1, -0.05) is 25.1 Å². The van der Waals surface area contributed by atoms with Crippen molar-refractivity contribution in [3.8, 4) is 45.6 Å². The Morgan fingerprint density at radius 3 is 2.11 bits per heavy atom. The van der Waals surface area contributed by atoms with Crippen molar-refractivity contribution in [3.63, 3.8) is 0 Å². The number of methoxy groups -OCH3 is 4. The maximum absolute atomic E-state index is 13.3. The van der Waals surface area contributed by atoms with E-state index in [1.54, 1.807) is 50.2 Å². The maximum atomic E-state index is 13.3. The van der Waals surface area contributed by atoms with Gasteiger partial charge >= 0.3 is 5.97 Å². The summed E-state index contributed by atoms with van der Waals surface area (Å²) >= 11 is 0. The summed E-state index contributed by atoms with van der Waals surface area (Å²) in [7, 11) is 5.65. The minimum atomic E-state index is -1.60. The molecule has 0 spiro atoms. The van der Waals surface area contributed by atoms with E-state index in [-0.39, 0.29) is 46.5 Å². The third-order valence-corrected chi connectivity index (χ3v) is 7.20. The zero-order valence-corrected chi connectivity index (χ0v) is 22.2. The predicted octanol–water partition coefficient (Wildman–Crippen LogP) is 4.64. The van der Waals surface area contributed by atoms with E-state index in [0.717, 1.165) is 0 Å². The molecule has 0 saturated heterocycles. The molecule has 3 aromatic rings. The van der Waals surface area contributed by atoms with Crippen molar-refractivity contribution < 1.29 is 43.8 Å². The molecule has 0 radical (unpaired) electrons. The Bertz CT molecular complexity index is 1350. The van der Waals surface area contributed by atoms with E-state index in [0.29, 0.717) is 22.3 Å². The van der Waals surface area contributed by atoms with Gasteiger partial charge in [-0.2, -0.15) is 0 Å². The van der Waals surface area contributed by atoms with E-state index < -0.39 is 23.6 Å². The zero-order chi connectivity index (χ0) is 27.8. The normalized spacial score (nSPS) is 20.3. The van der Waals surface area contributed by atoms with Crippen LogP contribution in [0.25, 0.3) is 11.1 Å². The Balaban J connectivity index is 2.12. The van der Waals surface area contributed by atoms with Gasteiger partial charge in [-0.05, 0) is 49.1 Å². The SMILES string of the molecule is COc1cc2c(c(OC)c1OC)-c1c(cc(O)c(OC)c1O)C[C@H](C)[C@@](C)(O)[C@H]2OC(=O)c1ccccc1. The Morgan fingerprint density at radius 2 is 1.53 bits per heavy atom. The number of carbonyl (C=O) groups is 1. The number of carbonyl (C=O) groups excluding carboxylic acids is 1. The number of rotatable bonds is 6. The molecule has 4 rings (SSSR count). The van der Waals surface area contributed by atoms with Gasteiger partial charge in [0.2, 0.25) is 11.5 Å². The van der Waals surface area contributed by atoms with E-state index in [2.05, 4.69) is 0 Å². The van der Waals surface area contributed by atoms with Crippen LogP contribution in [0, 0.1) is 5.92 Å². The quantitative estimate of drug-likeness (QED) is 0.396. The van der Waals surface area contributed by atoms with Crippen LogP contribution in [0.4, 0.5) is 0 Å². The Kier molecular flexibility index (Phi) is 7.33. The molecule has 0 aromatic heterocycles. The van der Waals surface area contributed by atoms with Crippen LogP contribution in [-0.4, -0.2) is 55.3 Å². The molecule has 0 saturated carbocycles. The monoisotopic (exact) mass is 524 g/mol. The molecule has 3 N–H and O–H groups in total. The van der Waals surface area contributed by atoms with Gasteiger partial charge in [-0.15, -0.1) is 0 Å². The van der Waals surface area contributed by atoms with Crippen molar-refractivity contribution in [2.45, 2.75) is 32.0 Å². The molecule has 1 aliphatic carbocycles. The second-order valence-electron chi connectivity index (χ2n) is 9.40. The number of hydrogen-bond acceptors (Lipinski definition) is 9. The van der Waals surface area contributed by atoms with Gasteiger partial charge in [0.25, 0.3) is 0 Å². The molecule has 0 amide bonds. The fourth-order valence-corrected chi connectivity index (χ4v) is 5.01. The van der Waals surface area contributed by atoms with Gasteiger partial charge in [-0.3, -0.25) is 0 Å². The lowest BCUT2D eigenvalue weighted by Gasteiger charge is -2.41. The van der Waals surface area contributed by atoms with E-state index in [4.69, 9.17) is 23.7 Å². The first-order valence-electron chi connectivity index (χ1n) is 12.0. The number of aliphatic hydroxyl groups is 1. The summed E-state index contributed by atoms with van der Waals surface area (Å²) in [5.74, 6) is -1.21. The lowest BCUT2D eigenvalue weighted by molar-refractivity contribution is -0.107. The molecule has 0 heterocycles. The molecule has 0 bridgehead atoms. The summed E-state index contributed by atoms with van der Waals surface area (Å²) in [5, 5.41) is 33.9. The average molecular weight is 525 g/mol. The fraction of sp³-hybridized carbons (Fsp3) is 0.345. The summed E-state index contributed by atoms with van der Waals surface area (Å²) in [6, 6.07) is 11.5. The molecule has 0 aliphatic heterocycles. The highest BCUT2D eigenvalue weighted by Crippen LogP contribution is 2.58. The van der Waals surface area contributed by atoms with E-state index in [1.165, 1.54) is 34.5 Å². The van der Waals surface area contributed by atoms with Gasteiger partial charge in [0, 0.05) is 16.7 Å². The molecule has 0 fully saturated rings. The van der Waals surface area contributed by atoms with Crippen LogP contribution in [0.2, 0.25) is 0 Å². The molecule has 9 heteroatoms. The van der Waals surface area contributed by atoms with Crippen molar-refractivity contribution in [3.05, 3.63) is 59.2 Å². The zero-order valence-electron chi connectivity index (χ0n) is 22.2. The molecule has 9 nitrogen and oxygen atoms in total. The minimum absolute atomic E-state index is 0.135.